The Labute approximate surface area is 110 Å². The number of nitro groups is 1. The van der Waals surface area contributed by atoms with Gasteiger partial charge in [0.1, 0.15) is 5.69 Å². The third kappa shape index (κ3) is 2.58. The van der Waals surface area contributed by atoms with E-state index >= 15 is 0 Å². The summed E-state index contributed by atoms with van der Waals surface area (Å²) in [5, 5.41) is 14.0. The fraction of sp³-hybridized carbons (Fsp3) is 0.636. The number of aromatic nitrogens is 2. The maximum atomic E-state index is 11.2. The van der Waals surface area contributed by atoms with Gasteiger partial charge in [0, 0.05) is 20.7 Å². The summed E-state index contributed by atoms with van der Waals surface area (Å²) in [6.45, 7) is 2.85. The Hall–Kier alpha value is -1.96. The Balaban J connectivity index is 2.45. The Morgan fingerprint density at radius 2 is 2.26 bits per heavy atom. The van der Waals surface area contributed by atoms with Gasteiger partial charge in [-0.25, -0.2) is 4.98 Å². The Morgan fingerprint density at radius 3 is 2.79 bits per heavy atom. The molecule has 1 atom stereocenters. The lowest BCUT2D eigenvalue weighted by Crippen LogP contribution is -2.33. The molecular formula is C11H17N5O3. The SMILES string of the molecule is CNc1nc(C)c([N+](=O)[O-])c(N(C)C2CCOC2)n1. The third-order valence-electron chi connectivity index (χ3n) is 3.23. The maximum Gasteiger partial charge on any atom is 0.332 e. The van der Waals surface area contributed by atoms with E-state index in [0.29, 0.717) is 30.7 Å². The first-order valence-corrected chi connectivity index (χ1v) is 6.06. The van der Waals surface area contributed by atoms with Gasteiger partial charge in [-0.3, -0.25) is 10.1 Å². The summed E-state index contributed by atoms with van der Waals surface area (Å²) in [6.07, 6.45) is 0.839. The van der Waals surface area contributed by atoms with Crippen molar-refractivity contribution in [3.63, 3.8) is 0 Å². The summed E-state index contributed by atoms with van der Waals surface area (Å²) in [4.78, 5) is 20.9. The standard InChI is InChI=1S/C11H17N5O3/c1-7-9(16(17)18)10(14-11(12-2)13-7)15(3)8-4-5-19-6-8/h8H,4-6H2,1-3H3,(H,12,13,14). The van der Waals surface area contributed by atoms with Crippen LogP contribution in [0.3, 0.4) is 0 Å². The van der Waals surface area contributed by atoms with Gasteiger partial charge in [-0.05, 0) is 13.3 Å². The number of nitrogens with one attached hydrogen (secondary N) is 1. The number of likely N-dealkylation sites (N-methyl/N-ethyl adjacent to an activating group) is 1. The monoisotopic (exact) mass is 267 g/mol. The molecule has 2 heterocycles. The highest BCUT2D eigenvalue weighted by Gasteiger charge is 2.30. The zero-order valence-electron chi connectivity index (χ0n) is 11.2. The Morgan fingerprint density at radius 1 is 1.53 bits per heavy atom. The van der Waals surface area contributed by atoms with Crippen LogP contribution in [-0.4, -0.2) is 48.2 Å². The highest BCUT2D eigenvalue weighted by atomic mass is 16.6. The second-order valence-corrected chi connectivity index (χ2v) is 4.44. The molecule has 1 aliphatic heterocycles. The van der Waals surface area contributed by atoms with Crippen molar-refractivity contribution in [2.24, 2.45) is 0 Å². The number of nitrogens with zero attached hydrogens (tertiary/aromatic N) is 4. The van der Waals surface area contributed by atoms with E-state index < -0.39 is 4.92 Å². The number of hydrogen-bond acceptors (Lipinski definition) is 7. The van der Waals surface area contributed by atoms with Crippen LogP contribution in [0, 0.1) is 17.0 Å². The average molecular weight is 267 g/mol. The fourth-order valence-electron chi connectivity index (χ4n) is 2.12. The van der Waals surface area contributed by atoms with Crippen LogP contribution in [0.5, 0.6) is 0 Å². The molecule has 0 aliphatic carbocycles. The molecule has 0 amide bonds. The Kier molecular flexibility index (Phi) is 3.79. The summed E-state index contributed by atoms with van der Waals surface area (Å²) in [7, 11) is 3.48. The molecule has 1 saturated heterocycles. The van der Waals surface area contributed by atoms with Gasteiger partial charge >= 0.3 is 5.69 Å². The first-order chi connectivity index (χ1) is 9.04. The van der Waals surface area contributed by atoms with Gasteiger partial charge in [0.25, 0.3) is 0 Å². The largest absolute Gasteiger partial charge is 0.379 e. The van der Waals surface area contributed by atoms with Crippen molar-refractivity contribution in [3.05, 3.63) is 15.8 Å². The lowest BCUT2D eigenvalue weighted by atomic mass is 10.2. The van der Waals surface area contributed by atoms with Crippen LogP contribution in [0.4, 0.5) is 17.5 Å². The van der Waals surface area contributed by atoms with E-state index in [1.165, 1.54) is 0 Å². The maximum absolute atomic E-state index is 11.2. The molecule has 0 saturated carbocycles. The highest BCUT2D eigenvalue weighted by Crippen LogP contribution is 2.31. The molecule has 0 radical (unpaired) electrons. The van der Waals surface area contributed by atoms with Gasteiger partial charge in [-0.2, -0.15) is 4.98 Å². The van der Waals surface area contributed by atoms with E-state index in [1.807, 2.05) is 0 Å². The quantitative estimate of drug-likeness (QED) is 0.641. The number of hydrogen-bond donors (Lipinski definition) is 1. The molecule has 1 aromatic heterocycles. The summed E-state index contributed by atoms with van der Waals surface area (Å²) in [5.74, 6) is 0.709. The number of rotatable bonds is 4. The van der Waals surface area contributed by atoms with Crippen LogP contribution in [0.1, 0.15) is 12.1 Å². The van der Waals surface area contributed by atoms with Crippen molar-refractivity contribution in [2.45, 2.75) is 19.4 Å². The number of anilines is 2. The van der Waals surface area contributed by atoms with E-state index in [1.54, 1.807) is 25.9 Å². The Bertz CT molecular complexity index is 487. The van der Waals surface area contributed by atoms with Gasteiger partial charge in [0.05, 0.1) is 17.6 Å². The van der Waals surface area contributed by atoms with Crippen LogP contribution in [0.15, 0.2) is 0 Å². The summed E-state index contributed by atoms with van der Waals surface area (Å²) >= 11 is 0. The van der Waals surface area contributed by atoms with Crippen LogP contribution in [0.2, 0.25) is 0 Å². The van der Waals surface area contributed by atoms with Gasteiger partial charge in [0.15, 0.2) is 0 Å². The molecule has 1 fully saturated rings. The smallest absolute Gasteiger partial charge is 0.332 e. The zero-order valence-corrected chi connectivity index (χ0v) is 11.2. The zero-order chi connectivity index (χ0) is 14.0. The van der Waals surface area contributed by atoms with Gasteiger partial charge in [-0.15, -0.1) is 0 Å². The molecular weight excluding hydrogens is 250 g/mol. The minimum atomic E-state index is -0.434. The molecule has 8 nitrogen and oxygen atoms in total. The molecule has 1 aliphatic rings. The molecule has 0 bridgehead atoms. The second-order valence-electron chi connectivity index (χ2n) is 4.44. The lowest BCUT2D eigenvalue weighted by molar-refractivity contribution is -0.385. The molecule has 2 rings (SSSR count). The predicted molar refractivity (Wildman–Crippen MR) is 70.6 cm³/mol. The van der Waals surface area contributed by atoms with Crippen molar-refractivity contribution < 1.29 is 9.66 Å². The van der Waals surface area contributed by atoms with Crippen LogP contribution in [0.25, 0.3) is 0 Å². The van der Waals surface area contributed by atoms with Crippen LogP contribution in [-0.2, 0) is 4.74 Å². The summed E-state index contributed by atoms with van der Waals surface area (Å²) < 4.78 is 5.32. The van der Waals surface area contributed by atoms with Gasteiger partial charge in [0.2, 0.25) is 11.8 Å². The summed E-state index contributed by atoms with van der Waals surface area (Å²) in [6, 6.07) is 0.109. The normalized spacial score (nSPS) is 18.4. The van der Waals surface area contributed by atoms with Crippen molar-refractivity contribution in [3.8, 4) is 0 Å². The van der Waals surface area contributed by atoms with Crippen molar-refractivity contribution >= 4 is 17.5 Å². The molecule has 104 valence electrons. The van der Waals surface area contributed by atoms with Crippen LogP contribution >= 0.6 is 0 Å². The average Bonchev–Trinajstić information content (AvgIpc) is 2.90. The molecule has 0 spiro atoms. The number of ether oxygens (including phenoxy) is 1. The minimum Gasteiger partial charge on any atom is -0.379 e. The van der Waals surface area contributed by atoms with E-state index in [0.717, 1.165) is 6.42 Å². The topological polar surface area (TPSA) is 93.4 Å². The molecule has 8 heteroatoms. The van der Waals surface area contributed by atoms with Crippen molar-refractivity contribution in [1.29, 1.82) is 0 Å². The number of aryl methyl sites for hydroxylation is 1. The highest BCUT2D eigenvalue weighted by molar-refractivity contribution is 5.62. The van der Waals surface area contributed by atoms with E-state index in [4.69, 9.17) is 4.74 Å². The van der Waals surface area contributed by atoms with Gasteiger partial charge in [-0.1, -0.05) is 0 Å². The molecule has 0 aromatic carbocycles. The van der Waals surface area contributed by atoms with E-state index in [9.17, 15) is 10.1 Å². The lowest BCUT2D eigenvalue weighted by Gasteiger charge is -2.24. The first kappa shape index (κ1) is 13.5. The fourth-order valence-corrected chi connectivity index (χ4v) is 2.12. The summed E-state index contributed by atoms with van der Waals surface area (Å²) in [5.41, 5.74) is 0.304. The molecule has 19 heavy (non-hydrogen) atoms. The predicted octanol–water partition coefficient (Wildman–Crippen LogP) is 0.960. The molecule has 1 unspecified atom stereocenters. The third-order valence-corrected chi connectivity index (χ3v) is 3.23. The second kappa shape index (κ2) is 5.35. The minimum absolute atomic E-state index is 0.0478. The molecule has 1 N–H and O–H groups in total. The van der Waals surface area contributed by atoms with Crippen molar-refractivity contribution in [1.82, 2.24) is 9.97 Å². The van der Waals surface area contributed by atoms with E-state index in [-0.39, 0.29) is 11.7 Å². The molecule has 1 aromatic rings. The van der Waals surface area contributed by atoms with Gasteiger partial charge < -0.3 is 15.0 Å². The van der Waals surface area contributed by atoms with Crippen LogP contribution < -0.4 is 10.2 Å². The van der Waals surface area contributed by atoms with E-state index in [2.05, 4.69) is 15.3 Å². The first-order valence-electron chi connectivity index (χ1n) is 6.06. The van der Waals surface area contributed by atoms with Crippen molar-refractivity contribution in [2.75, 3.05) is 37.5 Å².